The molecule has 0 saturated carbocycles. The fraction of sp³-hybridized carbons (Fsp3) is 0.167. The highest BCUT2D eigenvalue weighted by atomic mass is 79.9. The number of ketones is 1. The van der Waals surface area contributed by atoms with Gasteiger partial charge in [-0.25, -0.2) is 0 Å². The second-order valence-corrected chi connectivity index (χ2v) is 6.97. The summed E-state index contributed by atoms with van der Waals surface area (Å²) in [6, 6.07) is 11.1. The highest BCUT2D eigenvalue weighted by Crippen LogP contribution is 2.32. The standard InChI is InChI=1S/C18H14Br2O3/c1-10-13(19)8-11(9-14(10)20)18(22)17-12-4-2-3-5-15(12)23-16(17)6-7-21/h2-5,8-9,21H,6-7H2,1H3. The third-order valence-corrected chi connectivity index (χ3v) is 5.42. The first-order valence-electron chi connectivity index (χ1n) is 7.14. The van der Waals surface area contributed by atoms with Gasteiger partial charge < -0.3 is 9.52 Å². The zero-order chi connectivity index (χ0) is 16.6. The normalized spacial score (nSPS) is 11.1. The Morgan fingerprint density at radius 3 is 2.48 bits per heavy atom. The van der Waals surface area contributed by atoms with Crippen molar-refractivity contribution in [3.05, 3.63) is 67.8 Å². The molecule has 118 valence electrons. The zero-order valence-corrected chi connectivity index (χ0v) is 15.6. The molecule has 23 heavy (non-hydrogen) atoms. The summed E-state index contributed by atoms with van der Waals surface area (Å²) in [7, 11) is 0. The van der Waals surface area contributed by atoms with Crippen LogP contribution in [0.15, 0.2) is 49.8 Å². The second kappa shape index (κ2) is 6.59. The first-order chi connectivity index (χ1) is 11.0. The van der Waals surface area contributed by atoms with Crippen LogP contribution in [-0.2, 0) is 6.42 Å². The van der Waals surface area contributed by atoms with Gasteiger partial charge >= 0.3 is 0 Å². The number of aliphatic hydroxyl groups excluding tert-OH is 1. The highest BCUT2D eigenvalue weighted by Gasteiger charge is 2.22. The van der Waals surface area contributed by atoms with Crippen LogP contribution in [0.5, 0.6) is 0 Å². The number of benzene rings is 2. The molecule has 0 aliphatic rings. The van der Waals surface area contributed by atoms with E-state index in [0.717, 1.165) is 19.9 Å². The van der Waals surface area contributed by atoms with Gasteiger partial charge in [-0.1, -0.05) is 50.1 Å². The number of carbonyl (C=O) groups is 1. The largest absolute Gasteiger partial charge is 0.460 e. The molecular weight excluding hydrogens is 424 g/mol. The Morgan fingerprint density at radius 2 is 1.83 bits per heavy atom. The van der Waals surface area contributed by atoms with Crippen molar-refractivity contribution < 1.29 is 14.3 Å². The van der Waals surface area contributed by atoms with Crippen LogP contribution in [0.25, 0.3) is 11.0 Å². The summed E-state index contributed by atoms with van der Waals surface area (Å²) in [5, 5.41) is 10.0. The molecule has 0 radical (unpaired) electrons. The number of hydrogen-bond donors (Lipinski definition) is 1. The molecule has 1 aromatic heterocycles. The smallest absolute Gasteiger partial charge is 0.197 e. The van der Waals surface area contributed by atoms with Crippen LogP contribution in [0.4, 0.5) is 0 Å². The third-order valence-electron chi connectivity index (χ3n) is 3.78. The lowest BCUT2D eigenvalue weighted by atomic mass is 9.98. The lowest BCUT2D eigenvalue weighted by molar-refractivity contribution is 0.103. The average molecular weight is 438 g/mol. The lowest BCUT2D eigenvalue weighted by Gasteiger charge is -2.07. The van der Waals surface area contributed by atoms with Crippen molar-refractivity contribution in [2.24, 2.45) is 0 Å². The molecule has 0 atom stereocenters. The van der Waals surface area contributed by atoms with E-state index in [0.29, 0.717) is 28.9 Å². The Labute approximate surface area is 150 Å². The summed E-state index contributed by atoms with van der Waals surface area (Å²) in [6.07, 6.45) is 0.309. The highest BCUT2D eigenvalue weighted by molar-refractivity contribution is 9.11. The minimum Gasteiger partial charge on any atom is -0.460 e. The average Bonchev–Trinajstić information content (AvgIpc) is 2.89. The van der Waals surface area contributed by atoms with E-state index in [2.05, 4.69) is 31.9 Å². The first-order valence-corrected chi connectivity index (χ1v) is 8.73. The maximum atomic E-state index is 13.0. The number of para-hydroxylation sites is 1. The van der Waals surface area contributed by atoms with E-state index in [-0.39, 0.29) is 12.4 Å². The maximum Gasteiger partial charge on any atom is 0.197 e. The van der Waals surface area contributed by atoms with E-state index in [1.165, 1.54) is 0 Å². The molecule has 0 fully saturated rings. The second-order valence-electron chi connectivity index (χ2n) is 5.26. The predicted molar refractivity (Wildman–Crippen MR) is 97.0 cm³/mol. The molecule has 0 bridgehead atoms. The molecule has 2 aromatic carbocycles. The van der Waals surface area contributed by atoms with Crippen molar-refractivity contribution in [2.75, 3.05) is 6.61 Å². The van der Waals surface area contributed by atoms with Gasteiger partial charge in [0.2, 0.25) is 0 Å². The predicted octanol–water partition coefficient (Wildman–Crippen LogP) is 5.03. The van der Waals surface area contributed by atoms with Crippen LogP contribution in [0.2, 0.25) is 0 Å². The number of rotatable bonds is 4. The molecule has 1 N–H and O–H groups in total. The molecule has 3 nitrogen and oxygen atoms in total. The van der Waals surface area contributed by atoms with E-state index in [9.17, 15) is 9.90 Å². The molecule has 3 rings (SSSR count). The Balaban J connectivity index is 2.19. The number of hydrogen-bond acceptors (Lipinski definition) is 3. The van der Waals surface area contributed by atoms with Crippen LogP contribution in [0, 0.1) is 6.92 Å². The van der Waals surface area contributed by atoms with Gasteiger partial charge in [0, 0.05) is 26.3 Å². The number of fused-ring (bicyclic) bond motifs is 1. The molecule has 0 spiro atoms. The van der Waals surface area contributed by atoms with E-state index in [1.807, 2.05) is 43.3 Å². The fourth-order valence-electron chi connectivity index (χ4n) is 2.54. The quantitative estimate of drug-likeness (QED) is 0.582. The minimum atomic E-state index is -0.111. The number of aliphatic hydroxyl groups is 1. The Morgan fingerprint density at radius 1 is 1.17 bits per heavy atom. The van der Waals surface area contributed by atoms with Crippen molar-refractivity contribution in [2.45, 2.75) is 13.3 Å². The van der Waals surface area contributed by atoms with Crippen LogP contribution < -0.4 is 0 Å². The summed E-state index contributed by atoms with van der Waals surface area (Å²) in [5.41, 5.74) is 2.79. The molecule has 0 aliphatic heterocycles. The van der Waals surface area contributed by atoms with Crippen LogP contribution in [0.1, 0.15) is 27.2 Å². The van der Waals surface area contributed by atoms with Gasteiger partial charge in [-0.15, -0.1) is 0 Å². The summed E-state index contributed by atoms with van der Waals surface area (Å²) in [4.78, 5) is 13.0. The van der Waals surface area contributed by atoms with Crippen molar-refractivity contribution >= 4 is 48.6 Å². The molecule has 0 unspecified atom stereocenters. The van der Waals surface area contributed by atoms with Crippen molar-refractivity contribution in [3.8, 4) is 0 Å². The third kappa shape index (κ3) is 3.01. The molecule has 5 heteroatoms. The van der Waals surface area contributed by atoms with Gasteiger partial charge in [-0.3, -0.25) is 4.79 Å². The van der Waals surface area contributed by atoms with Gasteiger partial charge in [0.25, 0.3) is 0 Å². The van der Waals surface area contributed by atoms with Crippen molar-refractivity contribution in [3.63, 3.8) is 0 Å². The topological polar surface area (TPSA) is 50.4 Å². The summed E-state index contributed by atoms with van der Waals surface area (Å²) >= 11 is 6.96. The molecule has 0 saturated heterocycles. The van der Waals surface area contributed by atoms with Gasteiger partial charge in [0.15, 0.2) is 5.78 Å². The number of carbonyl (C=O) groups excluding carboxylic acids is 1. The Hall–Kier alpha value is -1.43. The molecular formula is C18H14Br2O3. The Kier molecular flexibility index (Phi) is 4.71. The Bertz CT molecular complexity index is 873. The molecule has 0 aliphatic carbocycles. The zero-order valence-electron chi connectivity index (χ0n) is 12.4. The summed E-state index contributed by atoms with van der Waals surface area (Å²) in [5.74, 6) is 0.409. The van der Waals surface area contributed by atoms with Crippen LogP contribution >= 0.6 is 31.9 Å². The van der Waals surface area contributed by atoms with Crippen LogP contribution in [0.3, 0.4) is 0 Å². The molecule has 0 amide bonds. The maximum absolute atomic E-state index is 13.0. The van der Waals surface area contributed by atoms with Gasteiger partial charge in [0.1, 0.15) is 11.3 Å². The number of halogens is 2. The fourth-order valence-corrected chi connectivity index (χ4v) is 3.73. The van der Waals surface area contributed by atoms with Gasteiger partial charge in [-0.05, 0) is 30.7 Å². The van der Waals surface area contributed by atoms with Gasteiger partial charge in [-0.2, -0.15) is 0 Å². The SMILES string of the molecule is Cc1c(Br)cc(C(=O)c2c(CCO)oc3ccccc23)cc1Br. The minimum absolute atomic E-state index is 0.0681. The summed E-state index contributed by atoms with van der Waals surface area (Å²) < 4.78 is 7.50. The van der Waals surface area contributed by atoms with E-state index in [1.54, 1.807) is 0 Å². The van der Waals surface area contributed by atoms with E-state index >= 15 is 0 Å². The van der Waals surface area contributed by atoms with Crippen molar-refractivity contribution in [1.82, 2.24) is 0 Å². The number of furan rings is 1. The van der Waals surface area contributed by atoms with Crippen LogP contribution in [-0.4, -0.2) is 17.5 Å². The van der Waals surface area contributed by atoms with E-state index in [4.69, 9.17) is 4.42 Å². The molecule has 1 heterocycles. The summed E-state index contributed by atoms with van der Waals surface area (Å²) in [6.45, 7) is 1.90. The monoisotopic (exact) mass is 436 g/mol. The van der Waals surface area contributed by atoms with Crippen molar-refractivity contribution in [1.29, 1.82) is 0 Å². The van der Waals surface area contributed by atoms with Gasteiger partial charge in [0.05, 0.1) is 12.2 Å². The van der Waals surface area contributed by atoms with E-state index < -0.39 is 0 Å². The first kappa shape index (κ1) is 16.4. The lowest BCUT2D eigenvalue weighted by Crippen LogP contribution is -2.05. The molecule has 3 aromatic rings.